The van der Waals surface area contributed by atoms with Crippen LogP contribution >= 0.6 is 11.3 Å². The van der Waals surface area contributed by atoms with Crippen molar-refractivity contribution in [2.75, 3.05) is 31.3 Å². The zero-order chi connectivity index (χ0) is 23.9. The molecule has 172 valence electrons. The molecule has 4 rings (SSSR count). The number of likely N-dealkylation sites (N-methyl/N-ethyl adjacent to an activating group) is 1. The average molecular weight is 472 g/mol. The maximum Gasteiger partial charge on any atom is 0.247 e. The molecule has 0 bridgehead atoms. The largest absolute Gasteiger partial charge is 0.437 e. The summed E-state index contributed by atoms with van der Waals surface area (Å²) in [6.07, 6.45) is 5.43. The lowest BCUT2D eigenvalue weighted by Crippen LogP contribution is -2.10. The number of fused-ring (bicyclic) bond motifs is 1. The molecule has 0 aliphatic carbocycles. The van der Waals surface area contributed by atoms with Crippen molar-refractivity contribution < 1.29 is 9.53 Å². The molecule has 0 saturated heterocycles. The van der Waals surface area contributed by atoms with E-state index in [2.05, 4.69) is 44.2 Å². The fraction of sp³-hybridized carbons (Fsp3) is 0.115. The Kier molecular flexibility index (Phi) is 7.31. The number of rotatable bonds is 9. The van der Waals surface area contributed by atoms with Crippen molar-refractivity contribution >= 4 is 50.9 Å². The van der Waals surface area contributed by atoms with Crippen molar-refractivity contribution in [2.24, 2.45) is 0 Å². The summed E-state index contributed by atoms with van der Waals surface area (Å²) in [6.45, 7) is 4.36. The normalized spacial score (nSPS) is 11.1. The Morgan fingerprint density at radius 1 is 1.12 bits per heavy atom. The molecule has 34 heavy (non-hydrogen) atoms. The van der Waals surface area contributed by atoms with Crippen LogP contribution in [0.25, 0.3) is 16.3 Å². The summed E-state index contributed by atoms with van der Waals surface area (Å²) in [7, 11) is 4.08. The van der Waals surface area contributed by atoms with Crippen LogP contribution in [0.1, 0.15) is 5.56 Å². The molecule has 1 amide bonds. The van der Waals surface area contributed by atoms with Crippen molar-refractivity contribution in [3.63, 3.8) is 0 Å². The number of hydrogen-bond acceptors (Lipinski definition) is 7. The highest BCUT2D eigenvalue weighted by Gasteiger charge is 2.12. The quantitative estimate of drug-likeness (QED) is 0.295. The zero-order valence-electron chi connectivity index (χ0n) is 19.0. The highest BCUT2D eigenvalue weighted by molar-refractivity contribution is 7.17. The predicted octanol–water partition coefficient (Wildman–Crippen LogP) is 5.93. The SMILES string of the molecule is C=CC(=O)Nc1cccc(Oc2nc(Nc3ccc(C=CCN(C)C)cc3)nc3ccsc23)c1. The number of carbonyl (C=O) groups is 1. The fourth-order valence-electron chi connectivity index (χ4n) is 3.11. The molecular weight excluding hydrogens is 446 g/mol. The van der Waals surface area contributed by atoms with Crippen molar-refractivity contribution in [1.82, 2.24) is 14.9 Å². The predicted molar refractivity (Wildman–Crippen MR) is 140 cm³/mol. The number of nitrogens with zero attached hydrogens (tertiary/aromatic N) is 3. The van der Waals surface area contributed by atoms with Gasteiger partial charge in [0.25, 0.3) is 0 Å². The topological polar surface area (TPSA) is 79.4 Å². The Balaban J connectivity index is 1.54. The van der Waals surface area contributed by atoms with Gasteiger partial charge in [0.05, 0.1) is 5.52 Å². The molecule has 2 aromatic carbocycles. The van der Waals surface area contributed by atoms with Crippen LogP contribution in [0.4, 0.5) is 17.3 Å². The van der Waals surface area contributed by atoms with E-state index in [9.17, 15) is 4.79 Å². The standard InChI is InChI=1S/C26H25N5O2S/c1-4-23(32)27-20-8-5-9-21(17-20)33-25-24-22(14-16-34-24)29-26(30-25)28-19-12-10-18(11-13-19)7-6-15-31(2)3/h4-14,16-17H,1,15H2,2-3H3,(H,27,32)(H,28,29,30). The van der Waals surface area contributed by atoms with Crippen LogP contribution in [0.5, 0.6) is 11.6 Å². The lowest BCUT2D eigenvalue weighted by atomic mass is 10.2. The summed E-state index contributed by atoms with van der Waals surface area (Å²) >= 11 is 1.51. The number of thiophene rings is 1. The van der Waals surface area contributed by atoms with E-state index in [-0.39, 0.29) is 5.91 Å². The monoisotopic (exact) mass is 471 g/mol. The fourth-order valence-corrected chi connectivity index (χ4v) is 3.87. The van der Waals surface area contributed by atoms with E-state index < -0.39 is 0 Å². The number of ether oxygens (including phenoxy) is 1. The second-order valence-corrected chi connectivity index (χ2v) is 8.64. The maximum absolute atomic E-state index is 11.6. The maximum atomic E-state index is 11.6. The highest BCUT2D eigenvalue weighted by atomic mass is 32.1. The molecule has 0 unspecified atom stereocenters. The van der Waals surface area contributed by atoms with Gasteiger partial charge in [0, 0.05) is 24.0 Å². The number of hydrogen-bond donors (Lipinski definition) is 2. The van der Waals surface area contributed by atoms with Gasteiger partial charge in [-0.25, -0.2) is 4.98 Å². The third kappa shape index (κ3) is 6.06. The van der Waals surface area contributed by atoms with Gasteiger partial charge in [-0.2, -0.15) is 4.98 Å². The Labute approximate surface area is 202 Å². The summed E-state index contributed by atoms with van der Waals surface area (Å²) in [4.78, 5) is 22.9. The van der Waals surface area contributed by atoms with E-state index in [1.165, 1.54) is 17.4 Å². The number of benzene rings is 2. The molecule has 7 nitrogen and oxygen atoms in total. The molecule has 4 aromatic rings. The average Bonchev–Trinajstić information content (AvgIpc) is 3.29. The van der Waals surface area contributed by atoms with Crippen LogP contribution in [-0.4, -0.2) is 41.4 Å². The van der Waals surface area contributed by atoms with Crippen LogP contribution < -0.4 is 15.4 Å². The summed E-state index contributed by atoms with van der Waals surface area (Å²) in [5.74, 6) is 1.14. The number of aromatic nitrogens is 2. The molecule has 8 heteroatoms. The van der Waals surface area contributed by atoms with E-state index in [4.69, 9.17) is 4.74 Å². The van der Waals surface area contributed by atoms with Gasteiger partial charge >= 0.3 is 0 Å². The van der Waals surface area contributed by atoms with Gasteiger partial charge in [-0.15, -0.1) is 11.3 Å². The first kappa shape index (κ1) is 23.2. The van der Waals surface area contributed by atoms with E-state index in [0.29, 0.717) is 23.3 Å². The first-order chi connectivity index (χ1) is 16.5. The summed E-state index contributed by atoms with van der Waals surface area (Å²) in [5, 5.41) is 7.94. The smallest absolute Gasteiger partial charge is 0.247 e. The van der Waals surface area contributed by atoms with Crippen LogP contribution in [-0.2, 0) is 4.79 Å². The minimum atomic E-state index is -0.287. The van der Waals surface area contributed by atoms with Gasteiger partial charge in [-0.3, -0.25) is 4.79 Å². The Bertz CT molecular complexity index is 1330. The molecule has 0 aliphatic rings. The third-order valence-electron chi connectivity index (χ3n) is 4.72. The second kappa shape index (κ2) is 10.7. The van der Waals surface area contributed by atoms with E-state index in [0.717, 1.165) is 28.0 Å². The molecule has 0 fully saturated rings. The third-order valence-corrected chi connectivity index (χ3v) is 5.61. The Hall–Kier alpha value is -4.01. The highest BCUT2D eigenvalue weighted by Crippen LogP contribution is 2.33. The van der Waals surface area contributed by atoms with E-state index >= 15 is 0 Å². The molecule has 0 radical (unpaired) electrons. The molecule has 2 N–H and O–H groups in total. The molecule has 0 atom stereocenters. The zero-order valence-corrected chi connectivity index (χ0v) is 19.8. The van der Waals surface area contributed by atoms with Gasteiger partial charge in [-0.05, 0) is 61.4 Å². The first-order valence-electron chi connectivity index (χ1n) is 10.6. The van der Waals surface area contributed by atoms with Crippen LogP contribution in [0.15, 0.2) is 78.7 Å². The van der Waals surface area contributed by atoms with Crippen molar-refractivity contribution in [1.29, 1.82) is 0 Å². The lowest BCUT2D eigenvalue weighted by Gasteiger charge is -2.11. The number of amides is 1. The Morgan fingerprint density at radius 3 is 2.71 bits per heavy atom. The molecular formula is C26H25N5O2S. The van der Waals surface area contributed by atoms with Crippen LogP contribution in [0, 0.1) is 0 Å². The second-order valence-electron chi connectivity index (χ2n) is 7.72. The lowest BCUT2D eigenvalue weighted by molar-refractivity contribution is -0.111. The van der Waals surface area contributed by atoms with Crippen molar-refractivity contribution in [3.8, 4) is 11.6 Å². The molecule has 2 aromatic heterocycles. The van der Waals surface area contributed by atoms with Crippen molar-refractivity contribution in [2.45, 2.75) is 0 Å². The summed E-state index contributed by atoms with van der Waals surface area (Å²) < 4.78 is 6.94. The van der Waals surface area contributed by atoms with Gasteiger partial charge in [0.2, 0.25) is 17.7 Å². The number of anilines is 3. The van der Waals surface area contributed by atoms with Gasteiger partial charge in [-0.1, -0.05) is 36.9 Å². The van der Waals surface area contributed by atoms with Gasteiger partial charge in [0.15, 0.2) is 0 Å². The summed E-state index contributed by atoms with van der Waals surface area (Å²) in [6, 6.07) is 17.1. The van der Waals surface area contributed by atoms with Gasteiger partial charge in [0.1, 0.15) is 10.4 Å². The van der Waals surface area contributed by atoms with Crippen LogP contribution in [0.3, 0.4) is 0 Å². The van der Waals surface area contributed by atoms with E-state index in [1.54, 1.807) is 24.3 Å². The number of nitrogens with one attached hydrogen (secondary N) is 2. The molecule has 0 spiro atoms. The van der Waals surface area contributed by atoms with Crippen LogP contribution in [0.2, 0.25) is 0 Å². The van der Waals surface area contributed by atoms with E-state index in [1.807, 2.05) is 49.8 Å². The minimum Gasteiger partial charge on any atom is -0.437 e. The Morgan fingerprint density at radius 2 is 1.94 bits per heavy atom. The molecule has 0 aliphatic heterocycles. The van der Waals surface area contributed by atoms with Crippen molar-refractivity contribution in [3.05, 3.63) is 84.3 Å². The molecule has 0 saturated carbocycles. The van der Waals surface area contributed by atoms with Gasteiger partial charge < -0.3 is 20.3 Å². The number of carbonyl (C=O) groups excluding carboxylic acids is 1. The minimum absolute atomic E-state index is 0.287. The molecule has 2 heterocycles. The summed E-state index contributed by atoms with van der Waals surface area (Å²) in [5.41, 5.74) is 3.39. The first-order valence-corrected chi connectivity index (χ1v) is 11.5.